The number of hydrogen-bond acceptors (Lipinski definition) is 5. The maximum atomic E-state index is 12.7. The Kier molecular flexibility index (Phi) is 4.11. The molecule has 0 bridgehead atoms. The van der Waals surface area contributed by atoms with E-state index in [9.17, 15) is 13.2 Å². The van der Waals surface area contributed by atoms with E-state index in [0.717, 1.165) is 9.87 Å². The maximum absolute atomic E-state index is 12.7. The van der Waals surface area contributed by atoms with E-state index in [1.165, 1.54) is 18.1 Å². The van der Waals surface area contributed by atoms with Crippen molar-refractivity contribution in [2.24, 2.45) is 0 Å². The number of nitrogens with two attached hydrogens (primary N) is 1. The fourth-order valence-corrected chi connectivity index (χ4v) is 3.67. The summed E-state index contributed by atoms with van der Waals surface area (Å²) in [6, 6.07) is 2.96. The Balaban J connectivity index is 2.45. The summed E-state index contributed by atoms with van der Waals surface area (Å²) in [5.41, 5.74) is 6.91. The molecule has 1 aliphatic heterocycles. The molecule has 1 fully saturated rings. The van der Waals surface area contributed by atoms with Gasteiger partial charge in [-0.2, -0.15) is 4.31 Å². The van der Waals surface area contributed by atoms with Crippen LogP contribution in [0.1, 0.15) is 5.56 Å². The molecule has 0 saturated carbocycles. The second-order valence-electron chi connectivity index (χ2n) is 5.01. The third kappa shape index (κ3) is 2.81. The third-order valence-electron chi connectivity index (χ3n) is 3.59. The number of methoxy groups -OCH3 is 1. The van der Waals surface area contributed by atoms with Gasteiger partial charge < -0.3 is 15.4 Å². The summed E-state index contributed by atoms with van der Waals surface area (Å²) >= 11 is 0. The van der Waals surface area contributed by atoms with Crippen molar-refractivity contribution in [3.63, 3.8) is 0 Å². The first kappa shape index (κ1) is 15.6. The quantitative estimate of drug-likeness (QED) is 0.796. The highest BCUT2D eigenvalue weighted by Gasteiger charge is 2.33. The monoisotopic (exact) mass is 313 g/mol. The number of carbonyl (C=O) groups is 1. The van der Waals surface area contributed by atoms with Crippen LogP contribution < -0.4 is 10.5 Å². The van der Waals surface area contributed by atoms with Gasteiger partial charge in [0.05, 0.1) is 13.7 Å². The van der Waals surface area contributed by atoms with E-state index < -0.39 is 10.0 Å². The first-order valence-corrected chi connectivity index (χ1v) is 7.89. The Hall–Kier alpha value is -1.80. The van der Waals surface area contributed by atoms with Crippen molar-refractivity contribution in [3.8, 4) is 5.75 Å². The SMILES string of the molecule is COc1cc(C)c(N)cc1S(=O)(=O)N1CCN(C)C(=O)C1. The van der Waals surface area contributed by atoms with E-state index in [1.54, 1.807) is 20.0 Å². The zero-order chi connectivity index (χ0) is 15.8. The number of piperazine rings is 1. The van der Waals surface area contributed by atoms with Gasteiger partial charge in [-0.15, -0.1) is 0 Å². The summed E-state index contributed by atoms with van der Waals surface area (Å²) in [4.78, 5) is 13.2. The lowest BCUT2D eigenvalue weighted by Gasteiger charge is -2.31. The number of anilines is 1. The van der Waals surface area contributed by atoms with Gasteiger partial charge in [0.1, 0.15) is 10.6 Å². The summed E-state index contributed by atoms with van der Waals surface area (Å²) < 4.78 is 31.7. The average Bonchev–Trinajstić information content (AvgIpc) is 2.44. The second-order valence-corrected chi connectivity index (χ2v) is 6.92. The number of likely N-dealkylation sites (N-methyl/N-ethyl adjacent to an activating group) is 1. The van der Waals surface area contributed by atoms with Crippen LogP contribution in [0.4, 0.5) is 5.69 Å². The van der Waals surface area contributed by atoms with Crippen LogP contribution >= 0.6 is 0 Å². The van der Waals surface area contributed by atoms with Crippen molar-refractivity contribution < 1.29 is 17.9 Å². The number of aryl methyl sites for hydroxylation is 1. The van der Waals surface area contributed by atoms with E-state index in [1.807, 2.05) is 0 Å². The third-order valence-corrected chi connectivity index (χ3v) is 5.46. The van der Waals surface area contributed by atoms with Crippen LogP contribution in [0.2, 0.25) is 0 Å². The van der Waals surface area contributed by atoms with Gasteiger partial charge in [-0.1, -0.05) is 0 Å². The minimum atomic E-state index is -3.82. The molecule has 1 amide bonds. The predicted octanol–water partition coefficient (Wildman–Crippen LogP) is 0.0485. The molecule has 0 spiro atoms. The first-order chi connectivity index (χ1) is 9.77. The summed E-state index contributed by atoms with van der Waals surface area (Å²) in [6.45, 7) is 2.21. The maximum Gasteiger partial charge on any atom is 0.247 e. The number of nitrogens with zero attached hydrogens (tertiary/aromatic N) is 2. The summed E-state index contributed by atoms with van der Waals surface area (Å²) in [5.74, 6) is -0.00282. The largest absolute Gasteiger partial charge is 0.495 e. The highest BCUT2D eigenvalue weighted by molar-refractivity contribution is 7.89. The predicted molar refractivity (Wildman–Crippen MR) is 78.5 cm³/mol. The normalized spacial score (nSPS) is 17.1. The van der Waals surface area contributed by atoms with Crippen molar-refractivity contribution in [2.75, 3.05) is 39.5 Å². The Morgan fingerprint density at radius 2 is 1.95 bits per heavy atom. The molecule has 0 radical (unpaired) electrons. The van der Waals surface area contributed by atoms with Gasteiger partial charge in [-0.25, -0.2) is 8.42 Å². The van der Waals surface area contributed by atoms with Crippen molar-refractivity contribution in [1.29, 1.82) is 0 Å². The van der Waals surface area contributed by atoms with Crippen LogP contribution in [0.5, 0.6) is 5.75 Å². The number of nitrogen functional groups attached to an aromatic ring is 1. The lowest BCUT2D eigenvalue weighted by atomic mass is 10.2. The molecule has 0 aliphatic carbocycles. The number of sulfonamides is 1. The molecule has 1 saturated heterocycles. The van der Waals surface area contributed by atoms with Crippen molar-refractivity contribution in [3.05, 3.63) is 17.7 Å². The van der Waals surface area contributed by atoms with E-state index >= 15 is 0 Å². The van der Waals surface area contributed by atoms with Gasteiger partial charge in [0.15, 0.2) is 0 Å². The molecule has 21 heavy (non-hydrogen) atoms. The fraction of sp³-hybridized carbons (Fsp3) is 0.462. The van der Waals surface area contributed by atoms with E-state index in [2.05, 4.69) is 0 Å². The lowest BCUT2D eigenvalue weighted by Crippen LogP contribution is -2.50. The lowest BCUT2D eigenvalue weighted by molar-refractivity contribution is -0.132. The fourth-order valence-electron chi connectivity index (χ4n) is 2.12. The molecule has 1 aromatic carbocycles. The molecule has 0 atom stereocenters. The Morgan fingerprint density at radius 3 is 2.52 bits per heavy atom. The Labute approximate surface area is 124 Å². The number of benzene rings is 1. The number of hydrogen-bond donors (Lipinski definition) is 1. The smallest absolute Gasteiger partial charge is 0.247 e. The van der Waals surface area contributed by atoms with Gasteiger partial charge in [0, 0.05) is 25.8 Å². The molecule has 2 rings (SSSR count). The van der Waals surface area contributed by atoms with Gasteiger partial charge in [-0.05, 0) is 24.6 Å². The van der Waals surface area contributed by atoms with Gasteiger partial charge in [0.25, 0.3) is 0 Å². The van der Waals surface area contributed by atoms with Gasteiger partial charge in [0.2, 0.25) is 15.9 Å². The molecule has 1 heterocycles. The van der Waals surface area contributed by atoms with Gasteiger partial charge >= 0.3 is 0 Å². The van der Waals surface area contributed by atoms with Crippen molar-refractivity contribution in [2.45, 2.75) is 11.8 Å². The summed E-state index contributed by atoms with van der Waals surface area (Å²) in [5, 5.41) is 0. The summed E-state index contributed by atoms with van der Waals surface area (Å²) in [6.07, 6.45) is 0. The highest BCUT2D eigenvalue weighted by Crippen LogP contribution is 2.31. The molecule has 1 aromatic rings. The molecule has 0 aromatic heterocycles. The molecule has 7 nitrogen and oxygen atoms in total. The summed E-state index contributed by atoms with van der Waals surface area (Å²) in [7, 11) is -0.768. The van der Waals surface area contributed by atoms with Crippen LogP contribution in [0.3, 0.4) is 0 Å². The van der Waals surface area contributed by atoms with Crippen LogP contribution in [0.15, 0.2) is 17.0 Å². The topological polar surface area (TPSA) is 92.9 Å². The van der Waals surface area contributed by atoms with Crippen LogP contribution in [-0.4, -0.2) is 57.3 Å². The van der Waals surface area contributed by atoms with Crippen molar-refractivity contribution >= 4 is 21.6 Å². The average molecular weight is 313 g/mol. The van der Waals surface area contributed by atoms with Crippen LogP contribution in [0, 0.1) is 6.92 Å². The zero-order valence-electron chi connectivity index (χ0n) is 12.3. The Bertz CT molecular complexity index is 672. The van der Waals surface area contributed by atoms with E-state index in [0.29, 0.717) is 12.2 Å². The second kappa shape index (κ2) is 5.53. The standard InChI is InChI=1S/C13H19N3O4S/c1-9-6-11(20-3)12(7-10(9)14)21(18,19)16-5-4-15(2)13(17)8-16/h6-7H,4-5,8,14H2,1-3H3. The number of rotatable bonds is 3. The molecule has 1 aliphatic rings. The minimum Gasteiger partial charge on any atom is -0.495 e. The molecule has 2 N–H and O–H groups in total. The molecular formula is C13H19N3O4S. The molecule has 8 heteroatoms. The van der Waals surface area contributed by atoms with E-state index in [-0.39, 0.29) is 29.6 Å². The minimum absolute atomic E-state index is 0.00884. The van der Waals surface area contributed by atoms with Crippen LogP contribution in [-0.2, 0) is 14.8 Å². The number of carbonyl (C=O) groups excluding carboxylic acids is 1. The first-order valence-electron chi connectivity index (χ1n) is 6.45. The Morgan fingerprint density at radius 1 is 1.29 bits per heavy atom. The molecule has 116 valence electrons. The van der Waals surface area contributed by atoms with Gasteiger partial charge in [-0.3, -0.25) is 4.79 Å². The highest BCUT2D eigenvalue weighted by atomic mass is 32.2. The molecule has 0 unspecified atom stereocenters. The van der Waals surface area contributed by atoms with E-state index in [4.69, 9.17) is 10.5 Å². The number of ether oxygens (including phenoxy) is 1. The zero-order valence-corrected chi connectivity index (χ0v) is 13.1. The van der Waals surface area contributed by atoms with Crippen molar-refractivity contribution in [1.82, 2.24) is 9.21 Å². The molecular weight excluding hydrogens is 294 g/mol. The van der Waals surface area contributed by atoms with Crippen LogP contribution in [0.25, 0.3) is 0 Å². The number of amides is 1.